The third-order valence-electron chi connectivity index (χ3n) is 5.39. The summed E-state index contributed by atoms with van der Waals surface area (Å²) in [6.07, 6.45) is 1.73. The summed E-state index contributed by atoms with van der Waals surface area (Å²) in [7, 11) is 0. The van der Waals surface area contributed by atoms with E-state index in [1.807, 2.05) is 12.1 Å². The molecule has 122 valence electrons. The Labute approximate surface area is 139 Å². The number of hydrogen-bond acceptors (Lipinski definition) is 2. The first-order valence-corrected chi connectivity index (χ1v) is 9.00. The highest BCUT2D eigenvalue weighted by Crippen LogP contribution is 2.36. The average molecular weight is 322 g/mol. The zero-order valence-corrected chi connectivity index (χ0v) is 14.7. The van der Waals surface area contributed by atoms with E-state index in [0.717, 1.165) is 30.0 Å². The van der Waals surface area contributed by atoms with Gasteiger partial charge in [0.2, 0.25) is 0 Å². The van der Waals surface area contributed by atoms with Crippen LogP contribution in [-0.4, -0.2) is 37.2 Å². The molecule has 2 aliphatic heterocycles. The number of rotatable bonds is 3. The number of ether oxygens (including phenoxy) is 1. The van der Waals surface area contributed by atoms with E-state index >= 15 is 0 Å². The fourth-order valence-corrected chi connectivity index (χ4v) is 4.44. The first-order chi connectivity index (χ1) is 10.5. The van der Waals surface area contributed by atoms with Gasteiger partial charge in [0.1, 0.15) is 0 Å². The molecule has 0 amide bonds. The van der Waals surface area contributed by atoms with Crippen LogP contribution in [0.4, 0.5) is 0 Å². The Hall–Kier alpha value is -0.570. The molecule has 3 rings (SSSR count). The molecule has 2 nitrogen and oxygen atoms in total. The van der Waals surface area contributed by atoms with Gasteiger partial charge < -0.3 is 9.64 Å². The first kappa shape index (κ1) is 16.3. The van der Waals surface area contributed by atoms with Crippen molar-refractivity contribution < 1.29 is 4.74 Å². The Morgan fingerprint density at radius 2 is 1.73 bits per heavy atom. The van der Waals surface area contributed by atoms with Gasteiger partial charge in [0.15, 0.2) is 0 Å². The summed E-state index contributed by atoms with van der Waals surface area (Å²) in [6.45, 7) is 11.5. The van der Waals surface area contributed by atoms with Crippen molar-refractivity contribution in [1.29, 1.82) is 0 Å². The van der Waals surface area contributed by atoms with E-state index < -0.39 is 0 Å². The van der Waals surface area contributed by atoms with Crippen molar-refractivity contribution in [2.45, 2.75) is 39.2 Å². The van der Waals surface area contributed by atoms with Crippen LogP contribution in [0.1, 0.15) is 38.7 Å². The Balaban J connectivity index is 1.61. The summed E-state index contributed by atoms with van der Waals surface area (Å²) < 4.78 is 6.16. The van der Waals surface area contributed by atoms with Crippen molar-refractivity contribution in [3.63, 3.8) is 0 Å². The molecule has 1 aromatic rings. The first-order valence-electron chi connectivity index (χ1n) is 8.62. The second kappa shape index (κ2) is 6.90. The van der Waals surface area contributed by atoms with Crippen molar-refractivity contribution in [2.24, 2.45) is 17.8 Å². The normalized spacial score (nSPS) is 36.6. The van der Waals surface area contributed by atoms with E-state index in [-0.39, 0.29) is 0 Å². The number of halogens is 1. The van der Waals surface area contributed by atoms with Crippen LogP contribution in [0.15, 0.2) is 24.3 Å². The van der Waals surface area contributed by atoms with Crippen LogP contribution in [0, 0.1) is 17.8 Å². The summed E-state index contributed by atoms with van der Waals surface area (Å²) in [4.78, 5) is 2.62. The molecule has 5 unspecified atom stereocenters. The van der Waals surface area contributed by atoms with Crippen molar-refractivity contribution in [1.82, 2.24) is 4.90 Å². The predicted molar refractivity (Wildman–Crippen MR) is 92.5 cm³/mol. The van der Waals surface area contributed by atoms with Gasteiger partial charge in [-0.2, -0.15) is 0 Å². The fourth-order valence-electron chi connectivity index (χ4n) is 4.31. The minimum Gasteiger partial charge on any atom is -0.376 e. The minimum absolute atomic E-state index is 0.359. The summed E-state index contributed by atoms with van der Waals surface area (Å²) in [5, 5.41) is 0.808. The van der Waals surface area contributed by atoms with Gasteiger partial charge in [-0.05, 0) is 41.9 Å². The lowest BCUT2D eigenvalue weighted by atomic mass is 9.86. The number of likely N-dealkylation sites (tertiary alicyclic amines) is 1. The van der Waals surface area contributed by atoms with Gasteiger partial charge in [0.05, 0.1) is 12.7 Å². The standard InChI is InChI=1S/C19H28ClNO/c1-13-8-14(2)10-21(9-13)11-19-15(3)18(12-22-19)16-4-6-17(20)7-5-16/h4-7,13-15,18-19H,8-12H2,1-3H3. The van der Waals surface area contributed by atoms with Gasteiger partial charge in [-0.15, -0.1) is 0 Å². The maximum Gasteiger partial charge on any atom is 0.0734 e. The van der Waals surface area contributed by atoms with Crippen LogP contribution < -0.4 is 0 Å². The number of hydrogen-bond donors (Lipinski definition) is 0. The summed E-state index contributed by atoms with van der Waals surface area (Å²) in [6, 6.07) is 8.29. The molecule has 0 radical (unpaired) electrons. The van der Waals surface area contributed by atoms with Gasteiger partial charge in [0.25, 0.3) is 0 Å². The molecule has 0 bridgehead atoms. The number of benzene rings is 1. The van der Waals surface area contributed by atoms with E-state index in [0.29, 0.717) is 17.9 Å². The smallest absolute Gasteiger partial charge is 0.0734 e. The molecule has 22 heavy (non-hydrogen) atoms. The van der Waals surface area contributed by atoms with Crippen molar-refractivity contribution in [3.8, 4) is 0 Å². The minimum atomic E-state index is 0.359. The Bertz CT molecular complexity index is 479. The molecular weight excluding hydrogens is 294 g/mol. The summed E-state index contributed by atoms with van der Waals surface area (Å²) >= 11 is 6.00. The van der Waals surface area contributed by atoms with Crippen LogP contribution in [0.3, 0.4) is 0 Å². The Morgan fingerprint density at radius 3 is 2.36 bits per heavy atom. The van der Waals surface area contributed by atoms with Crippen molar-refractivity contribution >= 4 is 11.6 Å². The molecule has 2 fully saturated rings. The highest BCUT2D eigenvalue weighted by molar-refractivity contribution is 6.30. The van der Waals surface area contributed by atoms with Crippen LogP contribution in [0.25, 0.3) is 0 Å². The second-order valence-electron chi connectivity index (χ2n) is 7.55. The summed E-state index contributed by atoms with van der Waals surface area (Å²) in [5.41, 5.74) is 1.36. The maximum absolute atomic E-state index is 6.16. The molecule has 2 saturated heterocycles. The Kier molecular flexibility index (Phi) is 5.11. The maximum atomic E-state index is 6.16. The third kappa shape index (κ3) is 3.67. The van der Waals surface area contributed by atoms with E-state index in [1.165, 1.54) is 25.1 Å². The Morgan fingerprint density at radius 1 is 1.09 bits per heavy atom. The highest BCUT2D eigenvalue weighted by Gasteiger charge is 2.36. The van der Waals surface area contributed by atoms with Crippen molar-refractivity contribution in [2.75, 3.05) is 26.2 Å². The SMILES string of the molecule is CC1CC(C)CN(CC2OCC(c3ccc(Cl)cc3)C2C)C1. The topological polar surface area (TPSA) is 12.5 Å². The van der Waals surface area contributed by atoms with E-state index in [4.69, 9.17) is 16.3 Å². The van der Waals surface area contributed by atoms with Crippen molar-refractivity contribution in [3.05, 3.63) is 34.9 Å². The molecule has 0 spiro atoms. The highest BCUT2D eigenvalue weighted by atomic mass is 35.5. The predicted octanol–water partition coefficient (Wildman–Crippen LogP) is 4.44. The number of nitrogens with zero attached hydrogens (tertiary/aromatic N) is 1. The fraction of sp³-hybridized carbons (Fsp3) is 0.684. The molecule has 3 heteroatoms. The molecule has 0 aromatic heterocycles. The zero-order valence-electron chi connectivity index (χ0n) is 14.0. The molecule has 0 N–H and O–H groups in total. The van der Waals surface area contributed by atoms with E-state index in [1.54, 1.807) is 0 Å². The monoisotopic (exact) mass is 321 g/mol. The molecule has 5 atom stereocenters. The number of piperidine rings is 1. The molecule has 1 aromatic carbocycles. The second-order valence-corrected chi connectivity index (χ2v) is 7.99. The van der Waals surface area contributed by atoms with E-state index in [9.17, 15) is 0 Å². The molecular formula is C19H28ClNO. The average Bonchev–Trinajstić information content (AvgIpc) is 2.80. The summed E-state index contributed by atoms with van der Waals surface area (Å²) in [5.74, 6) is 2.69. The molecule has 2 heterocycles. The van der Waals surface area contributed by atoms with Gasteiger partial charge in [-0.1, -0.05) is 44.5 Å². The van der Waals surface area contributed by atoms with Crippen LogP contribution in [0.2, 0.25) is 5.02 Å². The molecule has 0 saturated carbocycles. The molecule has 0 aliphatic carbocycles. The van der Waals surface area contributed by atoms with Gasteiger partial charge in [0, 0.05) is 30.6 Å². The largest absolute Gasteiger partial charge is 0.376 e. The van der Waals surface area contributed by atoms with Crippen LogP contribution in [0.5, 0.6) is 0 Å². The molecule has 2 aliphatic rings. The van der Waals surface area contributed by atoms with Crippen LogP contribution in [-0.2, 0) is 4.74 Å². The van der Waals surface area contributed by atoms with Gasteiger partial charge >= 0.3 is 0 Å². The lowest BCUT2D eigenvalue weighted by Crippen LogP contribution is -2.43. The zero-order chi connectivity index (χ0) is 15.7. The third-order valence-corrected chi connectivity index (χ3v) is 5.64. The van der Waals surface area contributed by atoms with Gasteiger partial charge in [-0.25, -0.2) is 0 Å². The van der Waals surface area contributed by atoms with Crippen LogP contribution >= 0.6 is 11.6 Å². The van der Waals surface area contributed by atoms with Gasteiger partial charge in [-0.3, -0.25) is 0 Å². The lowest BCUT2D eigenvalue weighted by molar-refractivity contribution is 0.0347. The quantitative estimate of drug-likeness (QED) is 0.816. The van der Waals surface area contributed by atoms with E-state index in [2.05, 4.69) is 37.8 Å². The lowest BCUT2D eigenvalue weighted by Gasteiger charge is -2.37.